The SMILES string of the molecule is CC.CC(=O)[C@H](CCCNC(N)=O)NC(=O)C(NC=O)C(C)C. The molecule has 8 heteroatoms. The van der Waals surface area contributed by atoms with Gasteiger partial charge in [0, 0.05) is 6.54 Å². The maximum Gasteiger partial charge on any atom is 0.312 e. The molecular weight excluding hydrogens is 300 g/mol. The van der Waals surface area contributed by atoms with Gasteiger partial charge in [0.1, 0.15) is 6.04 Å². The number of nitrogens with one attached hydrogen (secondary N) is 3. The average Bonchev–Trinajstić information content (AvgIpc) is 2.48. The van der Waals surface area contributed by atoms with Crippen LogP contribution < -0.4 is 21.7 Å². The molecule has 0 aliphatic carbocycles. The van der Waals surface area contributed by atoms with Crippen molar-refractivity contribution in [2.45, 2.75) is 59.5 Å². The van der Waals surface area contributed by atoms with Gasteiger partial charge in [-0.15, -0.1) is 0 Å². The van der Waals surface area contributed by atoms with Gasteiger partial charge in [0.05, 0.1) is 6.04 Å². The van der Waals surface area contributed by atoms with Crippen molar-refractivity contribution in [3.8, 4) is 0 Å². The quantitative estimate of drug-likeness (QED) is 0.339. The van der Waals surface area contributed by atoms with Crippen LogP contribution in [0.1, 0.15) is 47.5 Å². The van der Waals surface area contributed by atoms with Crippen LogP contribution in [0.4, 0.5) is 4.79 Å². The highest BCUT2D eigenvalue weighted by molar-refractivity contribution is 5.90. The zero-order chi connectivity index (χ0) is 18.4. The zero-order valence-electron chi connectivity index (χ0n) is 14.6. The van der Waals surface area contributed by atoms with Crippen LogP contribution in [0, 0.1) is 5.92 Å². The molecule has 0 heterocycles. The summed E-state index contributed by atoms with van der Waals surface area (Å²) in [5, 5.41) is 7.46. The maximum absolute atomic E-state index is 12.1. The normalized spacial score (nSPS) is 12.3. The van der Waals surface area contributed by atoms with Crippen molar-refractivity contribution >= 4 is 24.1 Å². The van der Waals surface area contributed by atoms with Crippen LogP contribution in [0.3, 0.4) is 0 Å². The van der Waals surface area contributed by atoms with Crippen molar-refractivity contribution in [1.29, 1.82) is 0 Å². The summed E-state index contributed by atoms with van der Waals surface area (Å²) in [5.74, 6) is -0.685. The number of carbonyl (C=O) groups is 4. The average molecular weight is 330 g/mol. The number of urea groups is 1. The highest BCUT2D eigenvalue weighted by atomic mass is 16.2. The topological polar surface area (TPSA) is 130 Å². The molecule has 2 atom stereocenters. The van der Waals surface area contributed by atoms with E-state index in [4.69, 9.17) is 5.73 Å². The van der Waals surface area contributed by atoms with Gasteiger partial charge in [-0.2, -0.15) is 0 Å². The fourth-order valence-electron chi connectivity index (χ4n) is 1.80. The third-order valence-corrected chi connectivity index (χ3v) is 2.97. The van der Waals surface area contributed by atoms with Gasteiger partial charge in [-0.3, -0.25) is 14.4 Å². The third kappa shape index (κ3) is 11.1. The lowest BCUT2D eigenvalue weighted by atomic mass is 10.0. The van der Waals surface area contributed by atoms with Gasteiger partial charge >= 0.3 is 6.03 Å². The molecule has 0 aromatic rings. The molecule has 0 fully saturated rings. The lowest BCUT2D eigenvalue weighted by molar-refractivity contribution is -0.130. The number of rotatable bonds is 10. The predicted octanol–water partition coefficient (Wildman–Crippen LogP) is 0.306. The second-order valence-electron chi connectivity index (χ2n) is 5.11. The largest absolute Gasteiger partial charge is 0.352 e. The molecule has 0 aliphatic heterocycles. The number of Topliss-reactive ketones (excluding diaryl/α,β-unsaturated/α-hetero) is 1. The Morgan fingerprint density at radius 3 is 2.13 bits per heavy atom. The first-order chi connectivity index (χ1) is 10.8. The summed E-state index contributed by atoms with van der Waals surface area (Å²) < 4.78 is 0. The fraction of sp³-hybridized carbons (Fsp3) is 0.733. The number of primary amides is 1. The number of ketones is 1. The van der Waals surface area contributed by atoms with Crippen LogP contribution in [0.5, 0.6) is 0 Å². The maximum atomic E-state index is 12.1. The van der Waals surface area contributed by atoms with Crippen LogP contribution in [0.15, 0.2) is 0 Å². The third-order valence-electron chi connectivity index (χ3n) is 2.97. The van der Waals surface area contributed by atoms with Gasteiger partial charge in [0.2, 0.25) is 12.3 Å². The van der Waals surface area contributed by atoms with Crippen LogP contribution in [0.2, 0.25) is 0 Å². The molecular formula is C15H30N4O4. The highest BCUT2D eigenvalue weighted by Gasteiger charge is 2.25. The van der Waals surface area contributed by atoms with Crippen LogP contribution >= 0.6 is 0 Å². The second kappa shape index (κ2) is 13.5. The highest BCUT2D eigenvalue weighted by Crippen LogP contribution is 2.04. The van der Waals surface area contributed by atoms with Crippen molar-refractivity contribution in [1.82, 2.24) is 16.0 Å². The molecule has 0 spiro atoms. The van der Waals surface area contributed by atoms with E-state index in [1.807, 2.05) is 13.8 Å². The lowest BCUT2D eigenvalue weighted by Crippen LogP contribution is -2.51. The molecule has 0 rings (SSSR count). The van der Waals surface area contributed by atoms with Gasteiger partial charge < -0.3 is 21.7 Å². The van der Waals surface area contributed by atoms with Gasteiger partial charge in [0.15, 0.2) is 5.78 Å². The van der Waals surface area contributed by atoms with Crippen molar-refractivity contribution in [3.05, 3.63) is 0 Å². The Morgan fingerprint density at radius 2 is 1.74 bits per heavy atom. The summed E-state index contributed by atoms with van der Waals surface area (Å²) in [5.41, 5.74) is 4.93. The smallest absolute Gasteiger partial charge is 0.312 e. The molecule has 0 aromatic heterocycles. The predicted molar refractivity (Wildman–Crippen MR) is 88.6 cm³/mol. The Morgan fingerprint density at radius 1 is 1.17 bits per heavy atom. The minimum Gasteiger partial charge on any atom is -0.352 e. The Bertz CT molecular complexity index is 386. The van der Waals surface area contributed by atoms with Gasteiger partial charge in [0.25, 0.3) is 0 Å². The van der Waals surface area contributed by atoms with E-state index in [0.29, 0.717) is 25.8 Å². The molecule has 0 bridgehead atoms. The molecule has 0 saturated carbocycles. The molecule has 1 unspecified atom stereocenters. The fourth-order valence-corrected chi connectivity index (χ4v) is 1.80. The van der Waals surface area contributed by atoms with E-state index in [1.165, 1.54) is 6.92 Å². The molecule has 0 aliphatic rings. The van der Waals surface area contributed by atoms with Gasteiger partial charge in [-0.25, -0.2) is 4.79 Å². The van der Waals surface area contributed by atoms with E-state index < -0.39 is 24.0 Å². The lowest BCUT2D eigenvalue weighted by Gasteiger charge is -2.23. The molecule has 8 nitrogen and oxygen atoms in total. The molecule has 0 radical (unpaired) electrons. The Kier molecular flexibility index (Phi) is 13.6. The van der Waals surface area contributed by atoms with Crippen LogP contribution in [-0.4, -0.2) is 42.8 Å². The molecule has 0 saturated heterocycles. The van der Waals surface area contributed by atoms with Crippen molar-refractivity contribution < 1.29 is 19.2 Å². The second-order valence-corrected chi connectivity index (χ2v) is 5.11. The summed E-state index contributed by atoms with van der Waals surface area (Å²) in [6.45, 7) is 9.29. The minimum atomic E-state index is -0.687. The first-order valence-corrected chi connectivity index (χ1v) is 7.83. The van der Waals surface area contributed by atoms with Crippen molar-refractivity contribution in [3.63, 3.8) is 0 Å². The Balaban J connectivity index is 0. The van der Waals surface area contributed by atoms with E-state index >= 15 is 0 Å². The van der Waals surface area contributed by atoms with E-state index in [2.05, 4.69) is 16.0 Å². The van der Waals surface area contributed by atoms with E-state index in [9.17, 15) is 19.2 Å². The van der Waals surface area contributed by atoms with E-state index in [0.717, 1.165) is 0 Å². The van der Waals surface area contributed by atoms with Crippen LogP contribution in [0.25, 0.3) is 0 Å². The van der Waals surface area contributed by atoms with Gasteiger partial charge in [-0.05, 0) is 25.7 Å². The minimum absolute atomic E-state index is 0.0978. The molecule has 0 aromatic carbocycles. The summed E-state index contributed by atoms with van der Waals surface area (Å²) in [6.07, 6.45) is 1.35. The standard InChI is InChI=1S/C13H24N4O4.C2H6/c1-8(2)11(16-7-18)12(20)17-10(9(3)19)5-4-6-15-13(14)21;1-2/h7-8,10-11H,4-6H2,1-3H3,(H,16,18)(H,17,20)(H3,14,15,21);1-2H3/t10-,11?;/m0./s1. The van der Waals surface area contributed by atoms with Crippen molar-refractivity contribution in [2.75, 3.05) is 6.54 Å². The van der Waals surface area contributed by atoms with Crippen LogP contribution in [-0.2, 0) is 14.4 Å². The number of nitrogens with two attached hydrogens (primary N) is 1. The Labute approximate surface area is 137 Å². The monoisotopic (exact) mass is 330 g/mol. The van der Waals surface area contributed by atoms with E-state index in [1.54, 1.807) is 13.8 Å². The number of carbonyl (C=O) groups excluding carboxylic acids is 4. The summed E-state index contributed by atoms with van der Waals surface area (Å²) in [4.78, 5) is 44.6. The summed E-state index contributed by atoms with van der Waals surface area (Å²) >= 11 is 0. The number of hydrogen-bond acceptors (Lipinski definition) is 4. The zero-order valence-corrected chi connectivity index (χ0v) is 14.6. The first-order valence-electron chi connectivity index (χ1n) is 7.83. The number of hydrogen-bond donors (Lipinski definition) is 4. The summed E-state index contributed by atoms with van der Waals surface area (Å²) in [6, 6.07) is -1.97. The summed E-state index contributed by atoms with van der Waals surface area (Å²) in [7, 11) is 0. The van der Waals surface area contributed by atoms with Crippen molar-refractivity contribution in [2.24, 2.45) is 11.7 Å². The molecule has 23 heavy (non-hydrogen) atoms. The molecule has 5 N–H and O–H groups in total. The first kappa shape index (κ1) is 23.2. The molecule has 4 amide bonds. The molecule has 134 valence electrons. The number of amides is 4. The Hall–Kier alpha value is -2.12. The van der Waals surface area contributed by atoms with Gasteiger partial charge in [-0.1, -0.05) is 27.7 Å². The van der Waals surface area contributed by atoms with E-state index in [-0.39, 0.29) is 11.7 Å².